The van der Waals surface area contributed by atoms with E-state index in [1.165, 1.54) is 6.07 Å². The Kier molecular flexibility index (Phi) is 2.61. The lowest BCUT2D eigenvalue weighted by atomic mass is 10.0. The van der Waals surface area contributed by atoms with Gasteiger partial charge in [0.05, 0.1) is 0 Å². The van der Waals surface area contributed by atoms with Crippen LogP contribution in [0.4, 0.5) is 22.0 Å². The molecule has 0 aromatic heterocycles. The summed E-state index contributed by atoms with van der Waals surface area (Å²) in [5.41, 5.74) is -0.405. The Morgan fingerprint density at radius 2 is 1.47 bits per heavy atom. The van der Waals surface area contributed by atoms with Gasteiger partial charge in [-0.2, -0.15) is 0 Å². The molecule has 0 aliphatic heterocycles. The minimum atomic E-state index is -1.97. The molecule has 2 aromatic carbocycles. The number of hydrogen-bond acceptors (Lipinski definition) is 0. The molecule has 0 saturated heterocycles. The summed E-state index contributed by atoms with van der Waals surface area (Å²) in [7, 11) is 0. The second kappa shape index (κ2) is 3.84. The Bertz CT molecular complexity index is 631. The normalized spacial score (nSPS) is 10.9. The highest BCUT2D eigenvalue weighted by Crippen LogP contribution is 2.32. The number of hydrogen-bond donors (Lipinski definition) is 0. The maximum Gasteiger partial charge on any atom is 0.198 e. The SMILES string of the molecule is C=C(F)c1cccc2c(F)c(F)c(F)c(F)c12. The van der Waals surface area contributed by atoms with Gasteiger partial charge < -0.3 is 0 Å². The Labute approximate surface area is 93.0 Å². The monoisotopic (exact) mass is 244 g/mol. The largest absolute Gasteiger partial charge is 0.207 e. The van der Waals surface area contributed by atoms with E-state index in [2.05, 4.69) is 6.58 Å². The molecule has 0 N–H and O–H groups in total. The van der Waals surface area contributed by atoms with Gasteiger partial charge in [0.25, 0.3) is 0 Å². The molecule has 0 unspecified atom stereocenters. The molecule has 0 amide bonds. The Balaban J connectivity index is 3.06. The summed E-state index contributed by atoms with van der Waals surface area (Å²) >= 11 is 0. The van der Waals surface area contributed by atoms with Crippen molar-refractivity contribution in [1.82, 2.24) is 0 Å². The lowest BCUT2D eigenvalue weighted by molar-refractivity contribution is 0.418. The molecule has 0 nitrogen and oxygen atoms in total. The Morgan fingerprint density at radius 3 is 2.06 bits per heavy atom. The lowest BCUT2D eigenvalue weighted by Gasteiger charge is -2.08. The number of halogens is 5. The van der Waals surface area contributed by atoms with Crippen molar-refractivity contribution in [2.45, 2.75) is 0 Å². The topological polar surface area (TPSA) is 0 Å². The third-order valence-corrected chi connectivity index (χ3v) is 2.39. The molecule has 2 aromatic rings. The van der Waals surface area contributed by atoms with Crippen molar-refractivity contribution < 1.29 is 22.0 Å². The van der Waals surface area contributed by atoms with Crippen LogP contribution in [0.1, 0.15) is 5.56 Å². The first kappa shape index (κ1) is 11.6. The van der Waals surface area contributed by atoms with Gasteiger partial charge in [0, 0.05) is 16.3 Å². The molecule has 0 spiro atoms. The fraction of sp³-hybridized carbons (Fsp3) is 0. The standard InChI is InChI=1S/C12H5F5/c1-5(13)6-3-2-4-7-8(6)10(15)12(17)11(16)9(7)14/h2-4H,1H2. The molecule has 0 heterocycles. The maximum atomic E-state index is 13.5. The molecule has 0 fully saturated rings. The van der Waals surface area contributed by atoms with Crippen LogP contribution >= 0.6 is 0 Å². The smallest absolute Gasteiger partial charge is 0.198 e. The number of rotatable bonds is 1. The predicted molar refractivity (Wildman–Crippen MR) is 53.9 cm³/mol. The molecular formula is C12H5F5. The van der Waals surface area contributed by atoms with Crippen LogP contribution in [0.15, 0.2) is 24.8 Å². The maximum absolute atomic E-state index is 13.5. The third-order valence-electron chi connectivity index (χ3n) is 2.39. The molecule has 0 bridgehead atoms. The fourth-order valence-electron chi connectivity index (χ4n) is 1.62. The van der Waals surface area contributed by atoms with Crippen LogP contribution in [-0.2, 0) is 0 Å². The Hall–Kier alpha value is -1.91. The van der Waals surface area contributed by atoms with Crippen molar-refractivity contribution in [3.8, 4) is 0 Å². The van der Waals surface area contributed by atoms with E-state index in [9.17, 15) is 22.0 Å². The highest BCUT2D eigenvalue weighted by molar-refractivity contribution is 5.93. The highest BCUT2D eigenvalue weighted by Gasteiger charge is 2.22. The second-order valence-corrected chi connectivity index (χ2v) is 3.39. The minimum Gasteiger partial charge on any atom is -0.207 e. The van der Waals surface area contributed by atoms with E-state index >= 15 is 0 Å². The summed E-state index contributed by atoms with van der Waals surface area (Å²) in [6.07, 6.45) is 0. The lowest BCUT2D eigenvalue weighted by Crippen LogP contribution is -1.99. The quantitative estimate of drug-likeness (QED) is 0.397. The summed E-state index contributed by atoms with van der Waals surface area (Å²) in [6, 6.07) is 3.33. The molecule has 0 aliphatic carbocycles. The molecule has 0 saturated carbocycles. The summed E-state index contributed by atoms with van der Waals surface area (Å²) < 4.78 is 65.8. The van der Waals surface area contributed by atoms with Crippen molar-refractivity contribution in [2.24, 2.45) is 0 Å². The summed E-state index contributed by atoms with van der Waals surface area (Å²) in [5.74, 6) is -8.13. The molecule has 17 heavy (non-hydrogen) atoms. The van der Waals surface area contributed by atoms with Crippen molar-refractivity contribution in [2.75, 3.05) is 0 Å². The average Bonchev–Trinajstić information content (AvgIpc) is 2.32. The molecule has 0 radical (unpaired) electrons. The van der Waals surface area contributed by atoms with Crippen LogP contribution in [0.3, 0.4) is 0 Å². The van der Waals surface area contributed by atoms with Gasteiger partial charge in [-0.25, -0.2) is 22.0 Å². The van der Waals surface area contributed by atoms with Gasteiger partial charge in [-0.3, -0.25) is 0 Å². The van der Waals surface area contributed by atoms with Gasteiger partial charge in [0.1, 0.15) is 5.83 Å². The predicted octanol–water partition coefficient (Wildman–Crippen LogP) is 4.34. The highest BCUT2D eigenvalue weighted by atomic mass is 19.2. The third kappa shape index (κ3) is 1.58. The van der Waals surface area contributed by atoms with E-state index < -0.39 is 45.4 Å². The fourth-order valence-corrected chi connectivity index (χ4v) is 1.62. The van der Waals surface area contributed by atoms with E-state index in [0.29, 0.717) is 0 Å². The van der Waals surface area contributed by atoms with Crippen LogP contribution in [0.2, 0.25) is 0 Å². The second-order valence-electron chi connectivity index (χ2n) is 3.39. The van der Waals surface area contributed by atoms with Crippen LogP contribution in [0.5, 0.6) is 0 Å². The van der Waals surface area contributed by atoms with Crippen LogP contribution in [0.25, 0.3) is 16.6 Å². The molecule has 5 heteroatoms. The van der Waals surface area contributed by atoms with Crippen LogP contribution < -0.4 is 0 Å². The first-order chi connectivity index (χ1) is 7.95. The Morgan fingerprint density at radius 1 is 0.882 bits per heavy atom. The summed E-state index contributed by atoms with van der Waals surface area (Å²) in [6.45, 7) is 2.93. The minimum absolute atomic E-state index is 0.405. The summed E-state index contributed by atoms with van der Waals surface area (Å²) in [4.78, 5) is 0. The van der Waals surface area contributed by atoms with Crippen molar-refractivity contribution in [3.63, 3.8) is 0 Å². The average molecular weight is 244 g/mol. The van der Waals surface area contributed by atoms with E-state index in [4.69, 9.17) is 0 Å². The van der Waals surface area contributed by atoms with Gasteiger partial charge in [0.15, 0.2) is 23.3 Å². The van der Waals surface area contributed by atoms with Crippen molar-refractivity contribution in [3.05, 3.63) is 53.6 Å². The zero-order valence-corrected chi connectivity index (χ0v) is 8.33. The zero-order chi connectivity index (χ0) is 12.7. The van der Waals surface area contributed by atoms with Crippen molar-refractivity contribution >= 4 is 16.6 Å². The first-order valence-corrected chi connectivity index (χ1v) is 4.54. The van der Waals surface area contributed by atoms with Crippen LogP contribution in [-0.4, -0.2) is 0 Å². The molecule has 88 valence electrons. The zero-order valence-electron chi connectivity index (χ0n) is 8.33. The van der Waals surface area contributed by atoms with E-state index in [1.807, 2.05) is 0 Å². The summed E-state index contributed by atoms with van der Waals surface area (Å²) in [5, 5.41) is -1.19. The molecular weight excluding hydrogens is 239 g/mol. The molecule has 0 aliphatic rings. The van der Waals surface area contributed by atoms with E-state index in [1.54, 1.807) is 0 Å². The van der Waals surface area contributed by atoms with Gasteiger partial charge in [-0.15, -0.1) is 0 Å². The van der Waals surface area contributed by atoms with Gasteiger partial charge in [0.2, 0.25) is 0 Å². The first-order valence-electron chi connectivity index (χ1n) is 4.54. The van der Waals surface area contributed by atoms with Gasteiger partial charge >= 0.3 is 0 Å². The van der Waals surface area contributed by atoms with E-state index in [0.717, 1.165) is 12.1 Å². The number of benzene rings is 2. The molecule has 2 rings (SSSR count). The van der Waals surface area contributed by atoms with Gasteiger partial charge in [-0.1, -0.05) is 24.8 Å². The van der Waals surface area contributed by atoms with Crippen LogP contribution in [0, 0.1) is 23.3 Å². The van der Waals surface area contributed by atoms with Gasteiger partial charge in [-0.05, 0) is 0 Å². The number of fused-ring (bicyclic) bond motifs is 1. The van der Waals surface area contributed by atoms with E-state index in [-0.39, 0.29) is 0 Å². The van der Waals surface area contributed by atoms with Crippen molar-refractivity contribution in [1.29, 1.82) is 0 Å². The molecule has 0 atom stereocenters.